The Bertz CT molecular complexity index is 1100. The lowest BCUT2D eigenvalue weighted by Crippen LogP contribution is -2.36. The molecule has 2 aromatic carbocycles. The molecule has 2 aliphatic rings. The number of ether oxygens (including phenoxy) is 2. The van der Waals surface area contributed by atoms with Gasteiger partial charge in [-0.05, 0) is 91.8 Å². The number of anilines is 1. The number of carboxylic acids is 1. The maximum Gasteiger partial charge on any atom is 0.307 e. The van der Waals surface area contributed by atoms with Gasteiger partial charge in [0.15, 0.2) is 0 Å². The molecule has 6 heteroatoms. The summed E-state index contributed by atoms with van der Waals surface area (Å²) < 4.78 is 12.3. The molecule has 2 saturated carbocycles. The highest BCUT2D eigenvalue weighted by molar-refractivity contribution is 5.95. The molecule has 2 aromatic rings. The summed E-state index contributed by atoms with van der Waals surface area (Å²) in [7, 11) is 0. The van der Waals surface area contributed by atoms with Crippen LogP contribution in [0.1, 0.15) is 70.4 Å². The lowest BCUT2D eigenvalue weighted by atomic mass is 9.78. The van der Waals surface area contributed by atoms with Crippen LogP contribution in [0.15, 0.2) is 36.4 Å². The maximum atomic E-state index is 13.1. The zero-order valence-electron chi connectivity index (χ0n) is 22.6. The second-order valence-electron chi connectivity index (χ2n) is 10.9. The summed E-state index contributed by atoms with van der Waals surface area (Å²) in [6.07, 6.45) is 5.25. The summed E-state index contributed by atoms with van der Waals surface area (Å²) >= 11 is 0. The van der Waals surface area contributed by atoms with Crippen molar-refractivity contribution in [1.82, 2.24) is 0 Å². The van der Waals surface area contributed by atoms with Gasteiger partial charge in [0.1, 0.15) is 5.75 Å². The average Bonchev–Trinajstić information content (AvgIpc) is 3.21. The highest BCUT2D eigenvalue weighted by Crippen LogP contribution is 2.37. The first-order valence-corrected chi connectivity index (χ1v) is 13.8. The van der Waals surface area contributed by atoms with E-state index in [2.05, 4.69) is 32.2 Å². The third kappa shape index (κ3) is 6.35. The predicted molar refractivity (Wildman–Crippen MR) is 146 cm³/mol. The fourth-order valence-electron chi connectivity index (χ4n) is 5.98. The van der Waals surface area contributed by atoms with Crippen LogP contribution in [0.4, 0.5) is 5.69 Å². The maximum absolute atomic E-state index is 13.1. The number of benzene rings is 2. The molecule has 6 nitrogen and oxygen atoms in total. The predicted octanol–water partition coefficient (Wildman–Crippen LogP) is 6.84. The molecule has 0 radical (unpaired) electrons. The van der Waals surface area contributed by atoms with Crippen LogP contribution in [0.5, 0.6) is 5.75 Å². The van der Waals surface area contributed by atoms with Crippen LogP contribution in [-0.4, -0.2) is 29.7 Å². The molecule has 3 unspecified atom stereocenters. The van der Waals surface area contributed by atoms with E-state index in [0.717, 1.165) is 53.7 Å². The molecule has 2 aliphatic carbocycles. The number of nitrogens with one attached hydrogen (secondary N) is 1. The summed E-state index contributed by atoms with van der Waals surface area (Å²) in [5.74, 6) is -0.0487. The quantitative estimate of drug-likeness (QED) is 0.388. The third-order valence-corrected chi connectivity index (χ3v) is 8.38. The molecular weight excluding hydrogens is 466 g/mol. The zero-order chi connectivity index (χ0) is 26.5. The number of carbonyl (C=O) groups is 2. The van der Waals surface area contributed by atoms with Gasteiger partial charge in [-0.15, -0.1) is 0 Å². The van der Waals surface area contributed by atoms with E-state index in [1.54, 1.807) is 0 Å². The lowest BCUT2D eigenvalue weighted by molar-refractivity contribution is -0.147. The van der Waals surface area contributed by atoms with E-state index in [1.807, 2.05) is 37.3 Å². The largest absolute Gasteiger partial charge is 0.494 e. The molecule has 37 heavy (non-hydrogen) atoms. The number of hydrogen-bond donors (Lipinski definition) is 2. The topological polar surface area (TPSA) is 84.9 Å². The lowest BCUT2D eigenvalue weighted by Gasteiger charge is -2.27. The van der Waals surface area contributed by atoms with Gasteiger partial charge < -0.3 is 19.9 Å². The Labute approximate surface area is 220 Å². The van der Waals surface area contributed by atoms with Crippen LogP contribution in [-0.2, 0) is 20.9 Å². The summed E-state index contributed by atoms with van der Waals surface area (Å²) in [5, 5.41) is 12.6. The van der Waals surface area contributed by atoms with E-state index in [1.165, 1.54) is 0 Å². The van der Waals surface area contributed by atoms with Crippen LogP contribution in [0.3, 0.4) is 0 Å². The summed E-state index contributed by atoms with van der Waals surface area (Å²) in [6.45, 7) is 9.66. The monoisotopic (exact) mass is 507 g/mol. The van der Waals surface area contributed by atoms with E-state index < -0.39 is 17.8 Å². The third-order valence-electron chi connectivity index (χ3n) is 8.38. The van der Waals surface area contributed by atoms with Crippen molar-refractivity contribution in [3.8, 4) is 16.9 Å². The first kappa shape index (κ1) is 27.2. The number of amides is 1. The number of carbonyl (C=O) groups excluding carboxylic acids is 1. The first-order valence-electron chi connectivity index (χ1n) is 13.8. The number of hydrogen-bond acceptors (Lipinski definition) is 4. The minimum Gasteiger partial charge on any atom is -0.494 e. The van der Waals surface area contributed by atoms with Gasteiger partial charge >= 0.3 is 5.97 Å². The van der Waals surface area contributed by atoms with Crippen molar-refractivity contribution < 1.29 is 24.2 Å². The van der Waals surface area contributed by atoms with Crippen molar-refractivity contribution >= 4 is 17.6 Å². The molecule has 2 N–H and O–H groups in total. The van der Waals surface area contributed by atoms with Crippen molar-refractivity contribution in [3.05, 3.63) is 47.5 Å². The van der Waals surface area contributed by atoms with Gasteiger partial charge in [0, 0.05) is 5.69 Å². The molecule has 0 aromatic heterocycles. The van der Waals surface area contributed by atoms with Crippen LogP contribution in [0, 0.1) is 30.6 Å². The first-order chi connectivity index (χ1) is 17.8. The summed E-state index contributed by atoms with van der Waals surface area (Å²) in [6, 6.07) is 12.0. The van der Waals surface area contributed by atoms with Crippen LogP contribution < -0.4 is 10.1 Å². The van der Waals surface area contributed by atoms with Crippen molar-refractivity contribution in [2.24, 2.45) is 23.7 Å². The van der Waals surface area contributed by atoms with Gasteiger partial charge in [-0.25, -0.2) is 0 Å². The molecule has 200 valence electrons. The molecule has 0 bridgehead atoms. The minimum atomic E-state index is -0.881. The molecule has 0 spiro atoms. The van der Waals surface area contributed by atoms with Crippen molar-refractivity contribution in [1.29, 1.82) is 0 Å². The van der Waals surface area contributed by atoms with Gasteiger partial charge in [-0.3, -0.25) is 9.59 Å². The summed E-state index contributed by atoms with van der Waals surface area (Å²) in [5.41, 5.74) is 4.87. The van der Waals surface area contributed by atoms with E-state index in [4.69, 9.17) is 9.47 Å². The molecule has 4 rings (SSSR count). The van der Waals surface area contributed by atoms with Crippen LogP contribution >= 0.6 is 0 Å². The molecule has 0 heterocycles. The fraction of sp³-hybridized carbons (Fsp3) is 0.548. The molecule has 0 saturated heterocycles. The van der Waals surface area contributed by atoms with Gasteiger partial charge in [0.05, 0.1) is 31.2 Å². The van der Waals surface area contributed by atoms with Crippen molar-refractivity contribution in [2.75, 3.05) is 11.9 Å². The number of aliphatic carboxylic acids is 1. The van der Waals surface area contributed by atoms with Crippen LogP contribution in [0.25, 0.3) is 11.1 Å². The molecule has 2 fully saturated rings. The van der Waals surface area contributed by atoms with Crippen LogP contribution in [0.2, 0.25) is 0 Å². The van der Waals surface area contributed by atoms with Crippen molar-refractivity contribution in [2.45, 2.75) is 78.9 Å². The van der Waals surface area contributed by atoms with E-state index in [0.29, 0.717) is 43.6 Å². The Balaban J connectivity index is 1.61. The van der Waals surface area contributed by atoms with Crippen molar-refractivity contribution in [3.63, 3.8) is 0 Å². The normalized spacial score (nSPS) is 25.6. The molecule has 1 amide bonds. The molecule has 0 aliphatic heterocycles. The smallest absolute Gasteiger partial charge is 0.307 e. The summed E-state index contributed by atoms with van der Waals surface area (Å²) in [4.78, 5) is 24.9. The second kappa shape index (κ2) is 12.1. The van der Waals surface area contributed by atoms with E-state index in [-0.39, 0.29) is 12.0 Å². The molecule has 4 atom stereocenters. The highest BCUT2D eigenvalue weighted by Gasteiger charge is 2.36. The fourth-order valence-corrected chi connectivity index (χ4v) is 5.98. The van der Waals surface area contributed by atoms with E-state index >= 15 is 0 Å². The second-order valence-corrected chi connectivity index (χ2v) is 10.9. The van der Waals surface area contributed by atoms with Gasteiger partial charge in [0.2, 0.25) is 5.91 Å². The van der Waals surface area contributed by atoms with E-state index in [9.17, 15) is 14.7 Å². The Hall–Kier alpha value is -2.86. The number of carboxylic acid groups (broad SMARTS) is 1. The Morgan fingerprint density at radius 2 is 1.70 bits per heavy atom. The Kier molecular flexibility index (Phi) is 8.91. The zero-order valence-corrected chi connectivity index (χ0v) is 22.6. The van der Waals surface area contributed by atoms with Gasteiger partial charge in [-0.2, -0.15) is 0 Å². The highest BCUT2D eigenvalue weighted by atomic mass is 16.5. The molecular formula is C31H41NO5. The Morgan fingerprint density at radius 1 is 1.00 bits per heavy atom. The Morgan fingerprint density at radius 3 is 2.38 bits per heavy atom. The van der Waals surface area contributed by atoms with Gasteiger partial charge in [0.25, 0.3) is 0 Å². The SMILES string of the molecule is CCOc1cccc(-c2ccc(NC(=O)[C@@H]3CCCCC3C(=O)O)cc2COC2CC(C)C(C)C2)c1C. The van der Waals surface area contributed by atoms with Gasteiger partial charge in [-0.1, -0.05) is 44.9 Å². The minimum absolute atomic E-state index is 0.209. The average molecular weight is 508 g/mol. The number of rotatable bonds is 9. The standard InChI is InChI=1S/C31H41NO5/c1-5-36-29-12-8-11-25(21(29)4)26-14-13-23(17-22(26)18-37-24-15-19(2)20(3)16-24)32-30(33)27-9-6-7-10-28(27)31(34)35/h8,11-14,17,19-20,24,27-28H,5-7,9-10,15-16,18H2,1-4H3,(H,32,33)(H,34,35)/t19?,20?,24?,27-,28?/m1/s1.